The highest BCUT2D eigenvalue weighted by atomic mass is 16.5. The molecule has 0 spiro atoms. The van der Waals surface area contributed by atoms with Gasteiger partial charge in [0.25, 0.3) is 0 Å². The number of ether oxygens (including phenoxy) is 1. The van der Waals surface area contributed by atoms with Gasteiger partial charge in [-0.3, -0.25) is 9.59 Å². The highest BCUT2D eigenvalue weighted by Gasteiger charge is 2.60. The number of benzene rings is 2. The van der Waals surface area contributed by atoms with Crippen LogP contribution in [0.2, 0.25) is 0 Å². The summed E-state index contributed by atoms with van der Waals surface area (Å²) in [5.41, 5.74) is 0.900. The van der Waals surface area contributed by atoms with Crippen molar-refractivity contribution < 1.29 is 14.3 Å². The van der Waals surface area contributed by atoms with E-state index in [1.54, 1.807) is 18.2 Å². The molecule has 3 nitrogen and oxygen atoms in total. The van der Waals surface area contributed by atoms with E-state index in [9.17, 15) is 9.59 Å². The van der Waals surface area contributed by atoms with Crippen LogP contribution < -0.4 is 4.74 Å². The summed E-state index contributed by atoms with van der Waals surface area (Å²) in [6.45, 7) is 2.11. The van der Waals surface area contributed by atoms with Crippen molar-refractivity contribution in [3.63, 3.8) is 0 Å². The molecule has 2 aromatic carbocycles. The molecule has 5 rings (SSSR count). The van der Waals surface area contributed by atoms with Gasteiger partial charge >= 0.3 is 0 Å². The average molecular weight is 330 g/mol. The summed E-state index contributed by atoms with van der Waals surface area (Å²) in [7, 11) is 0. The Labute approximate surface area is 146 Å². The van der Waals surface area contributed by atoms with Crippen molar-refractivity contribution in [2.24, 2.45) is 23.2 Å². The molecule has 0 saturated heterocycles. The molecule has 0 aliphatic heterocycles. The molecule has 4 unspecified atom stereocenters. The van der Waals surface area contributed by atoms with E-state index in [1.807, 2.05) is 30.3 Å². The molecular formula is C22H18O3. The maximum atomic E-state index is 13.1. The first-order valence-electron chi connectivity index (χ1n) is 8.72. The van der Waals surface area contributed by atoms with Crippen molar-refractivity contribution in [2.45, 2.75) is 13.3 Å². The van der Waals surface area contributed by atoms with Crippen molar-refractivity contribution in [3.05, 3.63) is 71.8 Å². The number of rotatable bonds is 2. The number of ketones is 2. The molecule has 0 aromatic heterocycles. The van der Waals surface area contributed by atoms with Gasteiger partial charge in [0.1, 0.15) is 11.5 Å². The van der Waals surface area contributed by atoms with Crippen LogP contribution in [0.4, 0.5) is 0 Å². The Kier molecular flexibility index (Phi) is 2.88. The Morgan fingerprint density at radius 2 is 1.76 bits per heavy atom. The van der Waals surface area contributed by atoms with Crippen molar-refractivity contribution in [1.29, 1.82) is 0 Å². The van der Waals surface area contributed by atoms with E-state index in [4.69, 9.17) is 4.74 Å². The second-order valence-corrected chi connectivity index (χ2v) is 7.59. The Morgan fingerprint density at radius 3 is 2.56 bits per heavy atom. The molecule has 2 aromatic rings. The van der Waals surface area contributed by atoms with Crippen molar-refractivity contribution in [1.82, 2.24) is 0 Å². The number of allylic oxidation sites excluding steroid dienone is 2. The molecule has 1 fully saturated rings. The molecule has 1 saturated carbocycles. The first-order valence-corrected chi connectivity index (χ1v) is 8.72. The first kappa shape index (κ1) is 14.6. The normalized spacial score (nSPS) is 31.8. The third-order valence-corrected chi connectivity index (χ3v) is 6.02. The van der Waals surface area contributed by atoms with Gasteiger partial charge in [-0.25, -0.2) is 0 Å². The van der Waals surface area contributed by atoms with Gasteiger partial charge in [-0.2, -0.15) is 0 Å². The quantitative estimate of drug-likeness (QED) is 0.751. The van der Waals surface area contributed by atoms with Gasteiger partial charge in [-0.05, 0) is 48.1 Å². The zero-order valence-electron chi connectivity index (χ0n) is 13.9. The molecule has 2 bridgehead atoms. The molecule has 0 amide bonds. The average Bonchev–Trinajstić information content (AvgIpc) is 3.14. The monoisotopic (exact) mass is 330 g/mol. The predicted molar refractivity (Wildman–Crippen MR) is 94.0 cm³/mol. The predicted octanol–water partition coefficient (Wildman–Crippen LogP) is 4.69. The molecule has 4 atom stereocenters. The lowest BCUT2D eigenvalue weighted by Crippen LogP contribution is -2.42. The summed E-state index contributed by atoms with van der Waals surface area (Å²) in [5, 5.41) is 0. The van der Waals surface area contributed by atoms with Crippen LogP contribution in [0.5, 0.6) is 11.5 Å². The number of fused-ring (bicyclic) bond motifs is 6. The van der Waals surface area contributed by atoms with Crippen molar-refractivity contribution in [3.8, 4) is 11.5 Å². The lowest BCUT2D eigenvalue weighted by Gasteiger charge is -2.36. The molecule has 0 radical (unpaired) electrons. The SMILES string of the molecule is CC12C=CC(C1)C1C(=O)c3cc(Oc4ccccc4)ccc3C(=O)C12. The minimum absolute atomic E-state index is 0.0937. The lowest BCUT2D eigenvalue weighted by molar-refractivity contribution is 0.0676. The maximum Gasteiger partial charge on any atom is 0.168 e. The maximum absolute atomic E-state index is 13.1. The van der Waals surface area contributed by atoms with Gasteiger partial charge in [0.2, 0.25) is 0 Å². The molecule has 0 N–H and O–H groups in total. The third kappa shape index (κ3) is 1.98. The number of para-hydroxylation sites is 1. The third-order valence-electron chi connectivity index (χ3n) is 6.02. The highest BCUT2D eigenvalue weighted by molar-refractivity contribution is 6.17. The van der Waals surface area contributed by atoms with Crippen LogP contribution in [0.25, 0.3) is 0 Å². The summed E-state index contributed by atoms with van der Waals surface area (Å²) in [5.74, 6) is 1.29. The van der Waals surface area contributed by atoms with Gasteiger partial charge in [0.15, 0.2) is 11.6 Å². The zero-order valence-corrected chi connectivity index (χ0v) is 13.9. The highest BCUT2D eigenvalue weighted by Crippen LogP contribution is 2.59. The molecule has 3 aliphatic carbocycles. The Hall–Kier alpha value is -2.68. The summed E-state index contributed by atoms with van der Waals surface area (Å²) < 4.78 is 5.84. The van der Waals surface area contributed by atoms with Crippen molar-refractivity contribution >= 4 is 11.6 Å². The van der Waals surface area contributed by atoms with E-state index in [1.165, 1.54) is 0 Å². The van der Waals surface area contributed by atoms with Crippen LogP contribution in [-0.2, 0) is 0 Å². The fourth-order valence-corrected chi connectivity index (χ4v) is 4.91. The van der Waals surface area contributed by atoms with Crippen LogP contribution in [-0.4, -0.2) is 11.6 Å². The Morgan fingerprint density at radius 1 is 0.960 bits per heavy atom. The fourth-order valence-electron chi connectivity index (χ4n) is 4.91. The van der Waals surface area contributed by atoms with E-state index in [-0.39, 0.29) is 34.7 Å². The van der Waals surface area contributed by atoms with Gasteiger partial charge in [0, 0.05) is 23.0 Å². The number of carbonyl (C=O) groups excluding carboxylic acids is 2. The van der Waals surface area contributed by atoms with Crippen LogP contribution >= 0.6 is 0 Å². The minimum atomic E-state index is -0.207. The van der Waals surface area contributed by atoms with E-state index in [2.05, 4.69) is 19.1 Å². The molecule has 124 valence electrons. The largest absolute Gasteiger partial charge is 0.457 e. The first-order chi connectivity index (χ1) is 12.1. The van der Waals surface area contributed by atoms with Crippen molar-refractivity contribution in [2.75, 3.05) is 0 Å². The van der Waals surface area contributed by atoms with Crippen LogP contribution in [0.3, 0.4) is 0 Å². The number of hydrogen-bond donors (Lipinski definition) is 0. The minimum Gasteiger partial charge on any atom is -0.457 e. The molecule has 3 heteroatoms. The second kappa shape index (κ2) is 4.92. The Balaban J connectivity index is 1.56. The molecule has 25 heavy (non-hydrogen) atoms. The van der Waals surface area contributed by atoms with E-state index < -0.39 is 0 Å². The molecular weight excluding hydrogens is 312 g/mol. The summed E-state index contributed by atoms with van der Waals surface area (Å²) in [4.78, 5) is 26.2. The van der Waals surface area contributed by atoms with Gasteiger partial charge in [0.05, 0.1) is 0 Å². The second-order valence-electron chi connectivity index (χ2n) is 7.59. The number of carbonyl (C=O) groups is 2. The van der Waals surface area contributed by atoms with Gasteiger partial charge in [-0.15, -0.1) is 0 Å². The summed E-state index contributed by atoms with van der Waals surface area (Å²) >= 11 is 0. The van der Waals surface area contributed by atoms with E-state index >= 15 is 0 Å². The lowest BCUT2D eigenvalue weighted by atomic mass is 9.65. The van der Waals surface area contributed by atoms with Crippen LogP contribution in [0.1, 0.15) is 34.1 Å². The standard InChI is InChI=1S/C22H18O3/c1-22-10-9-13(12-22)18-19(22)21(24)16-8-7-15(11-17(16)20(18)23)25-14-5-3-2-4-6-14/h2-11,13,18-19H,12H2,1H3. The number of Topliss-reactive ketones (excluding diaryl/α,β-unsaturated/α-hetero) is 2. The van der Waals surface area contributed by atoms with Gasteiger partial charge < -0.3 is 4.74 Å². The molecule has 3 aliphatic rings. The topological polar surface area (TPSA) is 43.4 Å². The fraction of sp³-hybridized carbons (Fsp3) is 0.273. The smallest absolute Gasteiger partial charge is 0.168 e. The summed E-state index contributed by atoms with van der Waals surface area (Å²) in [6.07, 6.45) is 5.17. The zero-order chi connectivity index (χ0) is 17.2. The van der Waals surface area contributed by atoms with Crippen LogP contribution in [0, 0.1) is 23.2 Å². The summed E-state index contributed by atoms with van der Waals surface area (Å²) in [6, 6.07) is 14.7. The molecule has 0 heterocycles. The van der Waals surface area contributed by atoms with E-state index in [0.717, 1.165) is 6.42 Å². The van der Waals surface area contributed by atoms with Gasteiger partial charge in [-0.1, -0.05) is 37.3 Å². The van der Waals surface area contributed by atoms with E-state index in [0.29, 0.717) is 22.6 Å². The van der Waals surface area contributed by atoms with Crippen LogP contribution in [0.15, 0.2) is 60.7 Å². The number of hydrogen-bond acceptors (Lipinski definition) is 3. The Bertz CT molecular complexity index is 928.